The van der Waals surface area contributed by atoms with Crippen molar-refractivity contribution in [3.8, 4) is 0 Å². The molecule has 0 aliphatic carbocycles. The molecule has 1 unspecified atom stereocenters. The van der Waals surface area contributed by atoms with Crippen LogP contribution in [0, 0.1) is 11.8 Å². The molecule has 1 aliphatic rings. The molecule has 1 atom stereocenters. The van der Waals surface area contributed by atoms with Gasteiger partial charge in [0.1, 0.15) is 0 Å². The maximum atomic E-state index is 4.61. The van der Waals surface area contributed by atoms with Crippen molar-refractivity contribution < 1.29 is 0 Å². The van der Waals surface area contributed by atoms with Crippen molar-refractivity contribution in [1.82, 2.24) is 15.2 Å². The number of aromatic nitrogens is 1. The van der Waals surface area contributed by atoms with Crippen molar-refractivity contribution in [2.45, 2.75) is 46.7 Å². The summed E-state index contributed by atoms with van der Waals surface area (Å²) in [6, 6.07) is 4.40. The highest BCUT2D eigenvalue weighted by Crippen LogP contribution is 2.17. The topological polar surface area (TPSA) is 28.2 Å². The van der Waals surface area contributed by atoms with Crippen molar-refractivity contribution >= 4 is 0 Å². The van der Waals surface area contributed by atoms with E-state index in [9.17, 15) is 0 Å². The fourth-order valence-electron chi connectivity index (χ4n) is 2.82. The summed E-state index contributed by atoms with van der Waals surface area (Å²) in [5, 5.41) is 3.46. The van der Waals surface area contributed by atoms with Gasteiger partial charge in [-0.1, -0.05) is 26.8 Å². The molecule has 0 aromatic carbocycles. The molecule has 3 heteroatoms. The summed E-state index contributed by atoms with van der Waals surface area (Å²) in [4.78, 5) is 7.15. The van der Waals surface area contributed by atoms with Crippen LogP contribution in [0.5, 0.6) is 0 Å². The van der Waals surface area contributed by atoms with Crippen LogP contribution in [0.1, 0.15) is 44.9 Å². The normalized spacial score (nSPS) is 20.5. The Bertz CT molecular complexity index is 386. The zero-order valence-corrected chi connectivity index (χ0v) is 13.2. The summed E-state index contributed by atoms with van der Waals surface area (Å²) in [5.41, 5.74) is 2.48. The molecule has 1 aromatic rings. The van der Waals surface area contributed by atoms with Crippen LogP contribution in [0.3, 0.4) is 0 Å². The summed E-state index contributed by atoms with van der Waals surface area (Å²) >= 11 is 0. The maximum Gasteiger partial charge on any atom is 0.0544 e. The third-order valence-corrected chi connectivity index (χ3v) is 3.89. The smallest absolute Gasteiger partial charge is 0.0544 e. The first-order valence-corrected chi connectivity index (χ1v) is 8.00. The highest BCUT2D eigenvalue weighted by Gasteiger charge is 2.16. The number of hydrogen-bond acceptors (Lipinski definition) is 3. The Morgan fingerprint density at radius 2 is 2.25 bits per heavy atom. The molecule has 1 aromatic heterocycles. The third-order valence-electron chi connectivity index (χ3n) is 3.89. The van der Waals surface area contributed by atoms with Crippen LogP contribution < -0.4 is 5.32 Å². The molecule has 0 spiro atoms. The van der Waals surface area contributed by atoms with Gasteiger partial charge in [-0.2, -0.15) is 0 Å². The predicted octanol–water partition coefficient (Wildman–Crippen LogP) is 3.06. The van der Waals surface area contributed by atoms with E-state index >= 15 is 0 Å². The number of rotatable bonds is 6. The first-order chi connectivity index (χ1) is 9.63. The van der Waals surface area contributed by atoms with Gasteiger partial charge in [0.05, 0.1) is 5.69 Å². The lowest BCUT2D eigenvalue weighted by Crippen LogP contribution is -2.33. The molecule has 20 heavy (non-hydrogen) atoms. The Kier molecular flexibility index (Phi) is 5.99. The van der Waals surface area contributed by atoms with Crippen LogP contribution in [0.4, 0.5) is 0 Å². The number of nitrogens with zero attached hydrogens (tertiary/aromatic N) is 2. The second kappa shape index (κ2) is 7.75. The van der Waals surface area contributed by atoms with Gasteiger partial charge in [-0.05, 0) is 49.4 Å². The molecular weight excluding hydrogens is 246 g/mol. The second-order valence-electron chi connectivity index (χ2n) is 6.67. The highest BCUT2D eigenvalue weighted by molar-refractivity contribution is 5.14. The number of hydrogen-bond donors (Lipinski definition) is 1. The molecule has 112 valence electrons. The van der Waals surface area contributed by atoms with Crippen LogP contribution in [0.2, 0.25) is 0 Å². The highest BCUT2D eigenvalue weighted by atomic mass is 15.1. The minimum absolute atomic E-state index is 0.698. The number of piperidine rings is 1. The molecule has 2 rings (SSSR count). The SMILES string of the molecule is CC(C)CNCc1ccc(CN2CCCC(C)C2)nc1. The van der Waals surface area contributed by atoms with Gasteiger partial charge >= 0.3 is 0 Å². The fraction of sp³-hybridized carbons (Fsp3) is 0.706. The van der Waals surface area contributed by atoms with Crippen molar-refractivity contribution in [3.05, 3.63) is 29.6 Å². The fourth-order valence-corrected chi connectivity index (χ4v) is 2.82. The van der Waals surface area contributed by atoms with Crippen molar-refractivity contribution in [2.75, 3.05) is 19.6 Å². The Hall–Kier alpha value is -0.930. The summed E-state index contributed by atoms with van der Waals surface area (Å²) in [6.07, 6.45) is 4.73. The van der Waals surface area contributed by atoms with Gasteiger partial charge < -0.3 is 5.32 Å². The Balaban J connectivity index is 1.79. The van der Waals surface area contributed by atoms with Crippen molar-refractivity contribution in [2.24, 2.45) is 11.8 Å². The summed E-state index contributed by atoms with van der Waals surface area (Å²) in [6.45, 7) is 12.2. The summed E-state index contributed by atoms with van der Waals surface area (Å²) in [5.74, 6) is 1.53. The van der Waals surface area contributed by atoms with Crippen LogP contribution in [0.25, 0.3) is 0 Å². The molecule has 1 N–H and O–H groups in total. The monoisotopic (exact) mass is 275 g/mol. The van der Waals surface area contributed by atoms with Gasteiger partial charge in [-0.15, -0.1) is 0 Å². The van der Waals surface area contributed by atoms with Crippen LogP contribution in [-0.4, -0.2) is 29.5 Å². The molecule has 0 amide bonds. The van der Waals surface area contributed by atoms with E-state index in [1.807, 2.05) is 6.20 Å². The maximum absolute atomic E-state index is 4.61. The van der Waals surface area contributed by atoms with E-state index < -0.39 is 0 Å². The summed E-state index contributed by atoms with van der Waals surface area (Å²) in [7, 11) is 0. The minimum Gasteiger partial charge on any atom is -0.312 e. The van der Waals surface area contributed by atoms with Crippen LogP contribution in [0.15, 0.2) is 18.3 Å². The van der Waals surface area contributed by atoms with Crippen molar-refractivity contribution in [1.29, 1.82) is 0 Å². The Morgan fingerprint density at radius 1 is 1.40 bits per heavy atom. The third kappa shape index (κ3) is 5.22. The van der Waals surface area contributed by atoms with E-state index in [-0.39, 0.29) is 0 Å². The van der Waals surface area contributed by atoms with E-state index in [2.05, 4.69) is 48.1 Å². The van der Waals surface area contributed by atoms with Gasteiger partial charge in [0.2, 0.25) is 0 Å². The molecule has 1 saturated heterocycles. The van der Waals surface area contributed by atoms with Gasteiger partial charge in [-0.25, -0.2) is 0 Å². The molecule has 1 fully saturated rings. The van der Waals surface area contributed by atoms with Crippen LogP contribution in [-0.2, 0) is 13.1 Å². The Morgan fingerprint density at radius 3 is 2.90 bits per heavy atom. The standard InChI is InChI=1S/C17H29N3/c1-14(2)9-18-10-16-6-7-17(19-11-16)13-20-8-4-5-15(3)12-20/h6-7,11,14-15,18H,4-5,8-10,12-13H2,1-3H3. The first-order valence-electron chi connectivity index (χ1n) is 8.00. The average Bonchev–Trinajstić information content (AvgIpc) is 2.40. The van der Waals surface area contributed by atoms with Gasteiger partial charge in [0.15, 0.2) is 0 Å². The molecule has 0 radical (unpaired) electrons. The summed E-state index contributed by atoms with van der Waals surface area (Å²) < 4.78 is 0. The van der Waals surface area contributed by atoms with Crippen molar-refractivity contribution in [3.63, 3.8) is 0 Å². The van der Waals surface area contributed by atoms with Gasteiger partial charge in [-0.3, -0.25) is 9.88 Å². The van der Waals surface area contributed by atoms with E-state index in [0.717, 1.165) is 25.6 Å². The zero-order valence-electron chi connectivity index (χ0n) is 13.2. The predicted molar refractivity (Wildman–Crippen MR) is 84.5 cm³/mol. The van der Waals surface area contributed by atoms with Gasteiger partial charge in [0.25, 0.3) is 0 Å². The lowest BCUT2D eigenvalue weighted by molar-refractivity contribution is 0.175. The van der Waals surface area contributed by atoms with E-state index in [1.54, 1.807) is 0 Å². The molecule has 2 heterocycles. The second-order valence-corrected chi connectivity index (χ2v) is 6.67. The van der Waals surface area contributed by atoms with Crippen LogP contribution >= 0.6 is 0 Å². The zero-order chi connectivity index (χ0) is 14.4. The largest absolute Gasteiger partial charge is 0.312 e. The minimum atomic E-state index is 0.698. The average molecular weight is 275 g/mol. The number of nitrogens with one attached hydrogen (secondary N) is 1. The molecular formula is C17H29N3. The molecule has 1 aliphatic heterocycles. The lowest BCUT2D eigenvalue weighted by Gasteiger charge is -2.30. The quantitative estimate of drug-likeness (QED) is 0.865. The molecule has 0 bridgehead atoms. The van der Waals surface area contributed by atoms with E-state index in [1.165, 1.54) is 37.2 Å². The molecule has 0 saturated carbocycles. The Labute approximate surface area is 123 Å². The number of likely N-dealkylation sites (tertiary alicyclic amines) is 1. The molecule has 3 nitrogen and oxygen atoms in total. The first kappa shape index (κ1) is 15.5. The van der Waals surface area contributed by atoms with E-state index in [0.29, 0.717) is 5.92 Å². The number of pyridine rings is 1. The lowest BCUT2D eigenvalue weighted by atomic mass is 10.0. The van der Waals surface area contributed by atoms with Gasteiger partial charge in [0, 0.05) is 25.8 Å². The van der Waals surface area contributed by atoms with E-state index in [4.69, 9.17) is 0 Å².